The largest absolute Gasteiger partial charge is 0.383 e. The Bertz CT molecular complexity index is 754. The fourth-order valence-electron chi connectivity index (χ4n) is 2.15. The average Bonchev–Trinajstić information content (AvgIpc) is 2.83. The molecule has 0 aliphatic carbocycles. The average molecular weight is 360 g/mol. The normalized spacial score (nSPS) is 20.6. The molecule has 1 aromatic carbocycles. The SMILES string of the molecule is CN1c2ccsc2C(O)c2ccc(Br)cc2S1(=O)=O. The van der Waals surface area contributed by atoms with Crippen LogP contribution in [-0.2, 0) is 10.0 Å². The van der Waals surface area contributed by atoms with Gasteiger partial charge in [-0.1, -0.05) is 22.0 Å². The number of benzene rings is 1. The van der Waals surface area contributed by atoms with E-state index in [0.717, 1.165) is 0 Å². The minimum absolute atomic E-state index is 0.139. The number of fused-ring (bicyclic) bond motifs is 2. The topological polar surface area (TPSA) is 57.6 Å². The Balaban J connectivity index is 2.40. The maximum absolute atomic E-state index is 12.6. The molecule has 0 amide bonds. The van der Waals surface area contributed by atoms with Gasteiger partial charge in [-0.15, -0.1) is 11.3 Å². The molecule has 3 rings (SSSR count). The molecule has 100 valence electrons. The van der Waals surface area contributed by atoms with E-state index in [2.05, 4.69) is 15.9 Å². The summed E-state index contributed by atoms with van der Waals surface area (Å²) in [7, 11) is -2.14. The lowest BCUT2D eigenvalue weighted by Crippen LogP contribution is -2.26. The molecule has 0 radical (unpaired) electrons. The van der Waals surface area contributed by atoms with E-state index < -0.39 is 16.1 Å². The molecular weight excluding hydrogens is 350 g/mol. The number of hydrogen-bond donors (Lipinski definition) is 1. The smallest absolute Gasteiger partial charge is 0.264 e. The molecule has 1 unspecified atom stereocenters. The first-order valence-electron chi connectivity index (χ1n) is 5.47. The zero-order valence-corrected chi connectivity index (χ0v) is 13.1. The van der Waals surface area contributed by atoms with Gasteiger partial charge in [-0.3, -0.25) is 4.31 Å². The molecule has 2 heterocycles. The molecule has 0 spiro atoms. The van der Waals surface area contributed by atoms with Crippen molar-refractivity contribution >= 4 is 43.0 Å². The number of thiophene rings is 1. The van der Waals surface area contributed by atoms with Crippen LogP contribution in [-0.4, -0.2) is 20.6 Å². The van der Waals surface area contributed by atoms with Gasteiger partial charge in [0, 0.05) is 17.1 Å². The molecule has 7 heteroatoms. The van der Waals surface area contributed by atoms with E-state index in [1.54, 1.807) is 23.6 Å². The van der Waals surface area contributed by atoms with Crippen molar-refractivity contribution in [2.24, 2.45) is 0 Å². The van der Waals surface area contributed by atoms with E-state index in [1.165, 1.54) is 28.8 Å². The fraction of sp³-hybridized carbons (Fsp3) is 0.167. The van der Waals surface area contributed by atoms with Gasteiger partial charge in [0.05, 0.1) is 15.5 Å². The quantitative estimate of drug-likeness (QED) is 0.786. The molecule has 1 aliphatic rings. The summed E-state index contributed by atoms with van der Waals surface area (Å²) in [5.41, 5.74) is 0.945. The van der Waals surface area contributed by atoms with Crippen LogP contribution in [0.15, 0.2) is 39.0 Å². The molecule has 4 nitrogen and oxygen atoms in total. The Kier molecular flexibility index (Phi) is 2.97. The van der Waals surface area contributed by atoms with Crippen LogP contribution in [0, 0.1) is 0 Å². The summed E-state index contributed by atoms with van der Waals surface area (Å²) < 4.78 is 27.1. The summed E-state index contributed by atoms with van der Waals surface area (Å²) in [4.78, 5) is 0.785. The number of anilines is 1. The number of hydrogen-bond acceptors (Lipinski definition) is 4. The second kappa shape index (κ2) is 4.31. The number of aliphatic hydroxyl groups is 1. The van der Waals surface area contributed by atoms with Crippen LogP contribution in [0.5, 0.6) is 0 Å². The lowest BCUT2D eigenvalue weighted by molar-refractivity contribution is 0.222. The zero-order valence-electron chi connectivity index (χ0n) is 9.87. The number of sulfonamides is 1. The summed E-state index contributed by atoms with van der Waals surface area (Å²) in [5.74, 6) is 0. The van der Waals surface area contributed by atoms with Crippen molar-refractivity contribution in [1.82, 2.24) is 0 Å². The highest BCUT2D eigenvalue weighted by atomic mass is 79.9. The van der Waals surface area contributed by atoms with Crippen molar-refractivity contribution in [3.05, 3.63) is 44.6 Å². The van der Waals surface area contributed by atoms with Crippen LogP contribution >= 0.6 is 27.3 Å². The Morgan fingerprint density at radius 3 is 2.84 bits per heavy atom. The third-order valence-corrected chi connectivity index (χ3v) is 6.45. The van der Waals surface area contributed by atoms with Crippen molar-refractivity contribution in [3.8, 4) is 0 Å². The summed E-state index contributed by atoms with van der Waals surface area (Å²) in [6.45, 7) is 0. The standard InChI is InChI=1S/C12H10BrNO3S2/c1-14-9-4-5-18-12(9)11(15)8-3-2-7(13)6-10(8)19(14,16)17/h2-6,11,15H,1H3. The van der Waals surface area contributed by atoms with Crippen LogP contribution in [0.25, 0.3) is 0 Å². The first-order valence-corrected chi connectivity index (χ1v) is 8.58. The van der Waals surface area contributed by atoms with Crippen LogP contribution < -0.4 is 4.31 Å². The van der Waals surface area contributed by atoms with Crippen LogP contribution in [0.2, 0.25) is 0 Å². The fourth-order valence-corrected chi connectivity index (χ4v) is 5.12. The van der Waals surface area contributed by atoms with Crippen LogP contribution in [0.4, 0.5) is 5.69 Å². The molecule has 2 aromatic rings. The van der Waals surface area contributed by atoms with Crippen LogP contribution in [0.1, 0.15) is 16.5 Å². The monoisotopic (exact) mass is 359 g/mol. The van der Waals surface area contributed by atoms with Gasteiger partial charge in [0.1, 0.15) is 6.10 Å². The van der Waals surface area contributed by atoms with Crippen molar-refractivity contribution in [3.63, 3.8) is 0 Å². The molecule has 19 heavy (non-hydrogen) atoms. The summed E-state index contributed by atoms with van der Waals surface area (Å²) >= 11 is 4.62. The third kappa shape index (κ3) is 1.84. The minimum atomic E-state index is -3.65. The first-order chi connectivity index (χ1) is 8.93. The van der Waals surface area contributed by atoms with Crippen molar-refractivity contribution in [1.29, 1.82) is 0 Å². The third-order valence-electron chi connectivity index (χ3n) is 3.17. The zero-order chi connectivity index (χ0) is 13.8. The highest BCUT2D eigenvalue weighted by Gasteiger charge is 2.35. The second-order valence-electron chi connectivity index (χ2n) is 4.23. The molecule has 0 saturated carbocycles. The Labute approximate surface area is 123 Å². The van der Waals surface area contributed by atoms with Gasteiger partial charge in [-0.25, -0.2) is 8.42 Å². The Hall–Kier alpha value is -0.890. The number of aliphatic hydroxyl groups excluding tert-OH is 1. The Morgan fingerprint density at radius 2 is 2.11 bits per heavy atom. The van der Waals surface area contributed by atoms with Gasteiger partial charge >= 0.3 is 0 Å². The molecule has 1 aliphatic heterocycles. The maximum atomic E-state index is 12.6. The predicted molar refractivity (Wildman–Crippen MR) is 78.1 cm³/mol. The van der Waals surface area contributed by atoms with E-state index in [4.69, 9.17) is 0 Å². The molecular formula is C12H10BrNO3S2. The highest BCUT2D eigenvalue weighted by Crippen LogP contribution is 2.43. The van der Waals surface area contributed by atoms with Crippen molar-refractivity contribution in [2.45, 2.75) is 11.0 Å². The van der Waals surface area contributed by atoms with E-state index >= 15 is 0 Å². The summed E-state index contributed by atoms with van der Waals surface area (Å²) in [6.07, 6.45) is -0.919. The van der Waals surface area contributed by atoms with E-state index in [1.807, 2.05) is 0 Å². The number of nitrogens with zero attached hydrogens (tertiary/aromatic N) is 1. The molecule has 0 bridgehead atoms. The maximum Gasteiger partial charge on any atom is 0.264 e. The van der Waals surface area contributed by atoms with Gasteiger partial charge in [-0.05, 0) is 23.6 Å². The lowest BCUT2D eigenvalue weighted by Gasteiger charge is -2.17. The highest BCUT2D eigenvalue weighted by molar-refractivity contribution is 9.10. The molecule has 0 saturated heterocycles. The van der Waals surface area contributed by atoms with Gasteiger partial charge in [-0.2, -0.15) is 0 Å². The Morgan fingerprint density at radius 1 is 1.37 bits per heavy atom. The number of halogens is 1. The van der Waals surface area contributed by atoms with E-state index in [-0.39, 0.29) is 4.90 Å². The summed E-state index contributed by atoms with van der Waals surface area (Å²) in [6, 6.07) is 6.61. The molecule has 1 atom stereocenters. The second-order valence-corrected chi connectivity index (χ2v) is 8.03. The predicted octanol–water partition coefficient (Wildman–Crippen LogP) is 2.73. The van der Waals surface area contributed by atoms with Gasteiger partial charge in [0.2, 0.25) is 0 Å². The van der Waals surface area contributed by atoms with Gasteiger partial charge in [0.25, 0.3) is 10.0 Å². The first kappa shape index (κ1) is 13.1. The van der Waals surface area contributed by atoms with Gasteiger partial charge < -0.3 is 5.11 Å². The molecule has 1 aromatic heterocycles. The molecule has 1 N–H and O–H groups in total. The lowest BCUT2D eigenvalue weighted by atomic mass is 10.1. The minimum Gasteiger partial charge on any atom is -0.383 e. The van der Waals surface area contributed by atoms with E-state index in [9.17, 15) is 13.5 Å². The van der Waals surface area contributed by atoms with Gasteiger partial charge in [0.15, 0.2) is 0 Å². The van der Waals surface area contributed by atoms with E-state index in [0.29, 0.717) is 20.6 Å². The van der Waals surface area contributed by atoms with Crippen molar-refractivity contribution in [2.75, 3.05) is 11.4 Å². The number of rotatable bonds is 0. The summed E-state index contributed by atoms with van der Waals surface area (Å²) in [5, 5.41) is 12.2. The molecule has 0 fully saturated rings. The van der Waals surface area contributed by atoms with Crippen molar-refractivity contribution < 1.29 is 13.5 Å². The van der Waals surface area contributed by atoms with Crippen LogP contribution in [0.3, 0.4) is 0 Å².